The van der Waals surface area contributed by atoms with E-state index in [1.54, 1.807) is 27.5 Å². The van der Waals surface area contributed by atoms with Gasteiger partial charge in [-0.25, -0.2) is 9.97 Å². The molecule has 1 aromatic heterocycles. The summed E-state index contributed by atoms with van der Waals surface area (Å²) in [5, 5.41) is 0. The molecule has 0 saturated carbocycles. The molecule has 0 atom stereocenters. The molecule has 2 aromatic carbocycles. The Balaban J connectivity index is 2.28. The number of nitrogens with zero attached hydrogens (tertiary/aromatic N) is 2. The van der Waals surface area contributed by atoms with E-state index in [0.717, 1.165) is 22.3 Å². The van der Waals surface area contributed by atoms with E-state index >= 15 is 0 Å². The van der Waals surface area contributed by atoms with Gasteiger partial charge in [0, 0.05) is 17.3 Å². The van der Waals surface area contributed by atoms with Gasteiger partial charge in [-0.1, -0.05) is 24.3 Å². The van der Waals surface area contributed by atoms with E-state index in [2.05, 4.69) is 9.97 Å². The van der Waals surface area contributed by atoms with Crippen molar-refractivity contribution in [3.8, 4) is 39.6 Å². The van der Waals surface area contributed by atoms with Crippen LogP contribution < -0.4 is 19.9 Å². The first-order valence-electron chi connectivity index (χ1n) is 8.08. The molecule has 0 unspecified atom stereocenters. The number of hydrogen-bond acceptors (Lipinski definition) is 6. The highest BCUT2D eigenvalue weighted by Crippen LogP contribution is 2.43. The van der Waals surface area contributed by atoms with Crippen molar-refractivity contribution in [1.82, 2.24) is 9.97 Å². The van der Waals surface area contributed by atoms with Crippen molar-refractivity contribution in [3.63, 3.8) is 0 Å². The molecule has 3 aromatic rings. The van der Waals surface area contributed by atoms with Crippen molar-refractivity contribution >= 4 is 5.95 Å². The van der Waals surface area contributed by atoms with Crippen LogP contribution in [0.2, 0.25) is 0 Å². The van der Waals surface area contributed by atoms with Gasteiger partial charge in [0.15, 0.2) is 11.5 Å². The van der Waals surface area contributed by atoms with Gasteiger partial charge in [-0.3, -0.25) is 0 Å². The molecular weight excluding hydrogens is 330 g/mol. The van der Waals surface area contributed by atoms with Crippen LogP contribution in [-0.4, -0.2) is 31.3 Å². The van der Waals surface area contributed by atoms with Gasteiger partial charge in [0.2, 0.25) is 11.7 Å². The number of nitrogens with two attached hydrogens (primary N) is 1. The van der Waals surface area contributed by atoms with Gasteiger partial charge in [0.05, 0.1) is 27.0 Å². The summed E-state index contributed by atoms with van der Waals surface area (Å²) in [5.74, 6) is 1.83. The molecule has 134 valence electrons. The Kier molecular flexibility index (Phi) is 4.93. The van der Waals surface area contributed by atoms with Gasteiger partial charge in [-0.05, 0) is 30.2 Å². The number of anilines is 1. The summed E-state index contributed by atoms with van der Waals surface area (Å²) in [6.45, 7) is 2.05. The predicted octanol–water partition coefficient (Wildman–Crippen LogP) is 3.73. The van der Waals surface area contributed by atoms with Crippen molar-refractivity contribution in [2.75, 3.05) is 27.1 Å². The summed E-state index contributed by atoms with van der Waals surface area (Å²) in [6, 6.07) is 11.8. The molecule has 2 N–H and O–H groups in total. The highest BCUT2D eigenvalue weighted by molar-refractivity contribution is 5.84. The lowest BCUT2D eigenvalue weighted by Crippen LogP contribution is -2.01. The van der Waals surface area contributed by atoms with Crippen LogP contribution in [0.1, 0.15) is 5.56 Å². The largest absolute Gasteiger partial charge is 0.493 e. The third kappa shape index (κ3) is 3.13. The van der Waals surface area contributed by atoms with Crippen LogP contribution in [0, 0.1) is 6.92 Å². The van der Waals surface area contributed by atoms with Crippen molar-refractivity contribution in [2.45, 2.75) is 6.92 Å². The standard InChI is InChI=1S/C20H21N3O3/c1-12-7-5-6-8-14(12)15-11-22-20(21)23-18(15)13-9-16(24-2)19(26-4)17(10-13)25-3/h5-11H,1-4H3,(H2,21,22,23). The Hall–Kier alpha value is -3.28. The first-order chi connectivity index (χ1) is 12.6. The first kappa shape index (κ1) is 17.5. The van der Waals surface area contributed by atoms with Crippen LogP contribution in [0.5, 0.6) is 17.2 Å². The van der Waals surface area contributed by atoms with Crippen molar-refractivity contribution in [1.29, 1.82) is 0 Å². The summed E-state index contributed by atoms with van der Waals surface area (Å²) in [4.78, 5) is 8.66. The second-order valence-corrected chi connectivity index (χ2v) is 5.72. The molecule has 26 heavy (non-hydrogen) atoms. The Morgan fingerprint density at radius 3 is 2.12 bits per heavy atom. The molecule has 1 heterocycles. The van der Waals surface area contributed by atoms with E-state index < -0.39 is 0 Å². The van der Waals surface area contributed by atoms with Gasteiger partial charge >= 0.3 is 0 Å². The van der Waals surface area contributed by atoms with Crippen LogP contribution in [0.25, 0.3) is 22.4 Å². The molecule has 0 aliphatic rings. The molecule has 0 amide bonds. The van der Waals surface area contributed by atoms with Crippen LogP contribution >= 0.6 is 0 Å². The molecule has 0 spiro atoms. The van der Waals surface area contributed by atoms with E-state index in [9.17, 15) is 0 Å². The van der Waals surface area contributed by atoms with Gasteiger partial charge < -0.3 is 19.9 Å². The number of benzene rings is 2. The normalized spacial score (nSPS) is 10.5. The maximum atomic E-state index is 5.87. The fourth-order valence-corrected chi connectivity index (χ4v) is 2.91. The summed E-state index contributed by atoms with van der Waals surface area (Å²) in [6.07, 6.45) is 1.74. The van der Waals surface area contributed by atoms with Gasteiger partial charge in [-0.15, -0.1) is 0 Å². The SMILES string of the molecule is COc1cc(-c2nc(N)ncc2-c2ccccc2C)cc(OC)c1OC. The van der Waals surface area contributed by atoms with Crippen LogP contribution in [-0.2, 0) is 0 Å². The average Bonchev–Trinajstić information content (AvgIpc) is 2.67. The molecule has 0 fully saturated rings. The third-order valence-electron chi connectivity index (χ3n) is 4.18. The predicted molar refractivity (Wildman–Crippen MR) is 102 cm³/mol. The zero-order valence-electron chi connectivity index (χ0n) is 15.2. The number of ether oxygens (including phenoxy) is 3. The Bertz CT molecular complexity index is 916. The van der Waals surface area contributed by atoms with E-state index in [4.69, 9.17) is 19.9 Å². The van der Waals surface area contributed by atoms with Crippen molar-refractivity contribution < 1.29 is 14.2 Å². The summed E-state index contributed by atoms with van der Waals surface area (Å²) >= 11 is 0. The zero-order valence-corrected chi connectivity index (χ0v) is 15.2. The van der Waals surface area contributed by atoms with Crippen molar-refractivity contribution in [2.24, 2.45) is 0 Å². The van der Waals surface area contributed by atoms with Crippen molar-refractivity contribution in [3.05, 3.63) is 48.2 Å². The molecule has 0 bridgehead atoms. The molecule has 0 saturated heterocycles. The zero-order chi connectivity index (χ0) is 18.7. The minimum atomic E-state index is 0.200. The second kappa shape index (κ2) is 7.31. The number of methoxy groups -OCH3 is 3. The van der Waals surface area contributed by atoms with Crippen LogP contribution in [0.3, 0.4) is 0 Å². The summed E-state index contributed by atoms with van der Waals surface area (Å²) < 4.78 is 16.3. The number of hydrogen-bond donors (Lipinski definition) is 1. The smallest absolute Gasteiger partial charge is 0.220 e. The molecule has 0 radical (unpaired) electrons. The van der Waals surface area contributed by atoms with E-state index in [1.165, 1.54) is 0 Å². The molecule has 0 aliphatic carbocycles. The topological polar surface area (TPSA) is 79.5 Å². The fourth-order valence-electron chi connectivity index (χ4n) is 2.91. The maximum Gasteiger partial charge on any atom is 0.220 e. The van der Waals surface area contributed by atoms with Crippen LogP contribution in [0.15, 0.2) is 42.6 Å². The maximum absolute atomic E-state index is 5.87. The van der Waals surface area contributed by atoms with Gasteiger partial charge in [-0.2, -0.15) is 0 Å². The highest BCUT2D eigenvalue weighted by Gasteiger charge is 2.18. The monoisotopic (exact) mass is 351 g/mol. The lowest BCUT2D eigenvalue weighted by Gasteiger charge is -2.16. The minimum Gasteiger partial charge on any atom is -0.493 e. The van der Waals surface area contributed by atoms with E-state index in [0.29, 0.717) is 22.9 Å². The van der Waals surface area contributed by atoms with Crippen LogP contribution in [0.4, 0.5) is 5.95 Å². The fraction of sp³-hybridized carbons (Fsp3) is 0.200. The van der Waals surface area contributed by atoms with Gasteiger partial charge in [0.1, 0.15) is 0 Å². The molecule has 6 nitrogen and oxygen atoms in total. The molecule has 6 heteroatoms. The first-order valence-corrected chi connectivity index (χ1v) is 8.08. The Morgan fingerprint density at radius 1 is 0.885 bits per heavy atom. The number of aromatic nitrogens is 2. The average molecular weight is 351 g/mol. The Labute approximate surface area is 152 Å². The summed E-state index contributed by atoms with van der Waals surface area (Å²) in [7, 11) is 4.73. The quantitative estimate of drug-likeness (QED) is 0.754. The second-order valence-electron chi connectivity index (χ2n) is 5.72. The van der Waals surface area contributed by atoms with Gasteiger partial charge in [0.25, 0.3) is 0 Å². The third-order valence-corrected chi connectivity index (χ3v) is 4.18. The number of aryl methyl sites for hydroxylation is 1. The molecule has 0 aliphatic heterocycles. The number of rotatable bonds is 5. The lowest BCUT2D eigenvalue weighted by atomic mass is 9.97. The summed E-state index contributed by atoms with van der Waals surface area (Å²) in [5.41, 5.74) is 10.4. The molecule has 3 rings (SSSR count). The number of nitrogen functional groups attached to an aromatic ring is 1. The van der Waals surface area contributed by atoms with E-state index in [-0.39, 0.29) is 5.95 Å². The lowest BCUT2D eigenvalue weighted by molar-refractivity contribution is 0.324. The van der Waals surface area contributed by atoms with E-state index in [1.807, 2.05) is 43.3 Å². The highest BCUT2D eigenvalue weighted by atomic mass is 16.5. The minimum absolute atomic E-state index is 0.200. The Morgan fingerprint density at radius 2 is 1.54 bits per heavy atom. The molecular formula is C20H21N3O3.